The molecule has 0 aliphatic heterocycles. The Bertz CT molecular complexity index is 1000. The van der Waals surface area contributed by atoms with Crippen molar-refractivity contribution in [1.29, 1.82) is 0 Å². The lowest BCUT2D eigenvalue weighted by molar-refractivity contribution is -0.167. The molecule has 0 unspecified atom stereocenters. The summed E-state index contributed by atoms with van der Waals surface area (Å²) in [7, 11) is 0. The van der Waals surface area contributed by atoms with E-state index in [4.69, 9.17) is 14.2 Å². The van der Waals surface area contributed by atoms with E-state index in [2.05, 4.69) is 57.2 Å². The van der Waals surface area contributed by atoms with Crippen LogP contribution in [0, 0.1) is 0 Å². The van der Waals surface area contributed by atoms with Gasteiger partial charge in [-0.15, -0.1) is 0 Å². The summed E-state index contributed by atoms with van der Waals surface area (Å²) in [4.78, 5) is 37.8. The number of rotatable bonds is 46. The maximum absolute atomic E-state index is 12.8. The van der Waals surface area contributed by atoms with Gasteiger partial charge in [0.25, 0.3) is 0 Å². The van der Waals surface area contributed by atoms with Crippen LogP contribution < -0.4 is 0 Å². The molecule has 0 aliphatic rings. The third kappa shape index (κ3) is 46.5. The van der Waals surface area contributed by atoms with Crippen molar-refractivity contribution >= 4 is 17.9 Å². The summed E-state index contributed by atoms with van der Waals surface area (Å²) in [5, 5.41) is 0. The summed E-state index contributed by atoms with van der Waals surface area (Å²) in [6.07, 6.45) is 55.5. The van der Waals surface area contributed by atoms with E-state index in [0.717, 1.165) is 83.5 Å². The number of unbranched alkanes of at least 4 members (excludes halogenated alkanes) is 29. The first kappa shape index (κ1) is 56.6. The molecular formula is C53H96O6. The molecule has 0 rings (SSSR count). The van der Waals surface area contributed by atoms with Crippen LogP contribution in [0.15, 0.2) is 36.5 Å². The molecule has 0 amide bonds. The molecule has 0 saturated carbocycles. The minimum atomic E-state index is -0.776. The van der Waals surface area contributed by atoms with Gasteiger partial charge in [-0.2, -0.15) is 0 Å². The Labute approximate surface area is 365 Å². The summed E-state index contributed by atoms with van der Waals surface area (Å²) < 4.78 is 16.7. The molecular weight excluding hydrogens is 733 g/mol. The quantitative estimate of drug-likeness (QED) is 0.0263. The van der Waals surface area contributed by atoms with Crippen molar-refractivity contribution in [3.05, 3.63) is 36.5 Å². The number of esters is 3. The normalized spacial score (nSPS) is 12.3. The lowest BCUT2D eigenvalue weighted by Crippen LogP contribution is -2.30. The number of ether oxygens (including phenoxy) is 3. The molecule has 344 valence electrons. The fourth-order valence-corrected chi connectivity index (χ4v) is 7.23. The first-order chi connectivity index (χ1) is 29.0. The second-order valence-corrected chi connectivity index (χ2v) is 17.1. The van der Waals surface area contributed by atoms with Crippen LogP contribution in [-0.4, -0.2) is 37.2 Å². The van der Waals surface area contributed by atoms with Gasteiger partial charge in [-0.1, -0.05) is 205 Å². The van der Waals surface area contributed by atoms with Crippen LogP contribution in [0.25, 0.3) is 0 Å². The number of carbonyl (C=O) groups is 3. The van der Waals surface area contributed by atoms with E-state index in [-0.39, 0.29) is 31.1 Å². The molecule has 1 atom stereocenters. The minimum Gasteiger partial charge on any atom is -0.462 e. The second-order valence-electron chi connectivity index (χ2n) is 17.1. The summed E-state index contributed by atoms with van der Waals surface area (Å²) in [6, 6.07) is 0. The van der Waals surface area contributed by atoms with Crippen molar-refractivity contribution in [2.45, 2.75) is 271 Å². The van der Waals surface area contributed by atoms with Gasteiger partial charge in [-0.25, -0.2) is 0 Å². The van der Waals surface area contributed by atoms with Crippen LogP contribution in [0.1, 0.15) is 265 Å². The van der Waals surface area contributed by atoms with Crippen molar-refractivity contribution < 1.29 is 28.6 Å². The number of hydrogen-bond acceptors (Lipinski definition) is 6. The summed E-state index contributed by atoms with van der Waals surface area (Å²) >= 11 is 0. The van der Waals surface area contributed by atoms with E-state index >= 15 is 0 Å². The van der Waals surface area contributed by atoms with E-state index in [9.17, 15) is 14.4 Å². The zero-order valence-corrected chi connectivity index (χ0v) is 39.3. The second kappa shape index (κ2) is 48.3. The lowest BCUT2D eigenvalue weighted by atomic mass is 10.1. The van der Waals surface area contributed by atoms with Crippen molar-refractivity contribution in [3.63, 3.8) is 0 Å². The standard InChI is InChI=1S/C53H96O6/c1-4-7-10-13-16-19-21-23-25-26-28-29-31-34-37-40-43-46-52(55)58-49-50(48-57-51(54)45-42-39-36-33-18-15-12-9-6-3)59-53(56)47-44-41-38-35-32-30-27-24-22-20-17-14-11-8-5-2/h17,20,23-25,27,50H,4-16,18-19,21-22,26,28-49H2,1-3H3/b20-17-,25-23-,27-24-/t50-/m1/s1. The molecule has 0 saturated heterocycles. The van der Waals surface area contributed by atoms with Crippen LogP contribution in [0.5, 0.6) is 0 Å². The Balaban J connectivity index is 4.33. The third-order valence-corrected chi connectivity index (χ3v) is 11.1. The van der Waals surface area contributed by atoms with Gasteiger partial charge in [0, 0.05) is 19.3 Å². The number of allylic oxidation sites excluding steroid dienone is 6. The van der Waals surface area contributed by atoms with Crippen LogP contribution in [0.3, 0.4) is 0 Å². The highest BCUT2D eigenvalue weighted by molar-refractivity contribution is 5.71. The summed E-state index contributed by atoms with van der Waals surface area (Å²) in [6.45, 7) is 6.59. The smallest absolute Gasteiger partial charge is 0.306 e. The highest BCUT2D eigenvalue weighted by atomic mass is 16.6. The van der Waals surface area contributed by atoms with Crippen LogP contribution in [0.2, 0.25) is 0 Å². The third-order valence-electron chi connectivity index (χ3n) is 11.1. The molecule has 0 heterocycles. The van der Waals surface area contributed by atoms with Gasteiger partial charge in [0.2, 0.25) is 0 Å². The molecule has 0 radical (unpaired) electrons. The predicted octanol–water partition coefficient (Wildman–Crippen LogP) is 16.5. The lowest BCUT2D eigenvalue weighted by Gasteiger charge is -2.18. The molecule has 0 aromatic rings. The van der Waals surface area contributed by atoms with Crippen molar-refractivity contribution in [1.82, 2.24) is 0 Å². The Morgan fingerprint density at radius 3 is 0.983 bits per heavy atom. The molecule has 0 bridgehead atoms. The van der Waals surface area contributed by atoms with E-state index < -0.39 is 6.10 Å². The van der Waals surface area contributed by atoms with E-state index in [1.165, 1.54) is 141 Å². The molecule has 0 aliphatic carbocycles. The van der Waals surface area contributed by atoms with Gasteiger partial charge in [-0.05, 0) is 77.0 Å². The van der Waals surface area contributed by atoms with Crippen LogP contribution >= 0.6 is 0 Å². The van der Waals surface area contributed by atoms with Crippen molar-refractivity contribution in [3.8, 4) is 0 Å². The summed E-state index contributed by atoms with van der Waals surface area (Å²) in [5.41, 5.74) is 0. The Morgan fingerprint density at radius 1 is 0.339 bits per heavy atom. The maximum atomic E-state index is 12.8. The molecule has 0 aromatic heterocycles. The largest absolute Gasteiger partial charge is 0.462 e. The Kier molecular flexibility index (Phi) is 46.4. The Morgan fingerprint density at radius 2 is 0.610 bits per heavy atom. The average Bonchev–Trinajstić information content (AvgIpc) is 3.23. The van der Waals surface area contributed by atoms with E-state index in [1.54, 1.807) is 0 Å². The van der Waals surface area contributed by atoms with Gasteiger partial charge < -0.3 is 14.2 Å². The zero-order chi connectivity index (χ0) is 43.0. The number of carbonyl (C=O) groups excluding carboxylic acids is 3. The number of hydrogen-bond donors (Lipinski definition) is 0. The molecule has 0 spiro atoms. The van der Waals surface area contributed by atoms with Gasteiger partial charge in [0.15, 0.2) is 6.10 Å². The fraction of sp³-hybridized carbons (Fsp3) is 0.830. The molecule has 59 heavy (non-hydrogen) atoms. The Hall–Kier alpha value is -2.37. The highest BCUT2D eigenvalue weighted by Gasteiger charge is 2.19. The van der Waals surface area contributed by atoms with Gasteiger partial charge >= 0.3 is 17.9 Å². The fourth-order valence-electron chi connectivity index (χ4n) is 7.23. The molecule has 6 heteroatoms. The topological polar surface area (TPSA) is 78.9 Å². The average molecular weight is 829 g/mol. The van der Waals surface area contributed by atoms with Crippen LogP contribution in [-0.2, 0) is 28.6 Å². The predicted molar refractivity (Wildman–Crippen MR) is 252 cm³/mol. The van der Waals surface area contributed by atoms with E-state index in [1.807, 2.05) is 0 Å². The van der Waals surface area contributed by atoms with Gasteiger partial charge in [0.1, 0.15) is 13.2 Å². The summed E-state index contributed by atoms with van der Waals surface area (Å²) in [5.74, 6) is -0.890. The van der Waals surface area contributed by atoms with Gasteiger partial charge in [0.05, 0.1) is 0 Å². The SMILES string of the molecule is CCCCC/C=C\C/C=C\CCCCCCCC(=O)O[C@@H](COC(=O)CCCCCCCCC/C=C\CCCCCCCC)COC(=O)CCCCCCCCCCC. The van der Waals surface area contributed by atoms with Crippen molar-refractivity contribution in [2.75, 3.05) is 13.2 Å². The first-order valence-corrected chi connectivity index (χ1v) is 25.5. The molecule has 0 fully saturated rings. The maximum Gasteiger partial charge on any atom is 0.306 e. The molecule has 0 aromatic carbocycles. The van der Waals surface area contributed by atoms with Gasteiger partial charge in [-0.3, -0.25) is 14.4 Å². The minimum absolute atomic E-state index is 0.0770. The highest BCUT2D eigenvalue weighted by Crippen LogP contribution is 2.15. The van der Waals surface area contributed by atoms with Crippen LogP contribution in [0.4, 0.5) is 0 Å². The monoisotopic (exact) mass is 829 g/mol. The molecule has 0 N–H and O–H groups in total. The molecule has 6 nitrogen and oxygen atoms in total. The zero-order valence-electron chi connectivity index (χ0n) is 39.3. The first-order valence-electron chi connectivity index (χ1n) is 25.5. The van der Waals surface area contributed by atoms with E-state index in [0.29, 0.717) is 19.3 Å². The van der Waals surface area contributed by atoms with Crippen molar-refractivity contribution in [2.24, 2.45) is 0 Å².